The average molecular weight is 280 g/mol. The number of nitro groups is 1. The molecule has 6 nitrogen and oxygen atoms in total. The largest absolute Gasteiger partial charge is 0.378 e. The monoisotopic (exact) mass is 280 g/mol. The Morgan fingerprint density at radius 1 is 1.47 bits per heavy atom. The summed E-state index contributed by atoms with van der Waals surface area (Å²) in [7, 11) is 0. The zero-order valence-corrected chi connectivity index (χ0v) is 11.9. The van der Waals surface area contributed by atoms with Gasteiger partial charge in [-0.25, -0.2) is 4.68 Å². The first-order valence-electron chi connectivity index (χ1n) is 5.84. The SMILES string of the molecule is CC(C)(C)c1ccc(Cn2ncc([N+](=O)[O-])c2N)s1. The normalized spacial score (nSPS) is 11.7. The van der Waals surface area contributed by atoms with Gasteiger partial charge in [-0.15, -0.1) is 11.3 Å². The molecule has 19 heavy (non-hydrogen) atoms. The lowest BCUT2D eigenvalue weighted by molar-refractivity contribution is -0.384. The topological polar surface area (TPSA) is 87.0 Å². The molecule has 7 heteroatoms. The maximum Gasteiger partial charge on any atom is 0.330 e. The van der Waals surface area contributed by atoms with Gasteiger partial charge in [-0.05, 0) is 17.5 Å². The second-order valence-corrected chi connectivity index (χ2v) is 6.51. The molecule has 0 fully saturated rings. The number of anilines is 1. The van der Waals surface area contributed by atoms with Gasteiger partial charge in [0.25, 0.3) is 0 Å². The molecule has 0 saturated carbocycles. The molecular formula is C12H16N4O2S. The zero-order chi connectivity index (χ0) is 14.2. The molecule has 2 aromatic heterocycles. The van der Waals surface area contributed by atoms with Gasteiger partial charge in [0.1, 0.15) is 6.20 Å². The molecule has 102 valence electrons. The highest BCUT2D eigenvalue weighted by Crippen LogP contribution is 2.30. The minimum Gasteiger partial charge on any atom is -0.378 e. The first-order valence-corrected chi connectivity index (χ1v) is 6.65. The van der Waals surface area contributed by atoms with Crippen LogP contribution in [0.5, 0.6) is 0 Å². The summed E-state index contributed by atoms with van der Waals surface area (Å²) < 4.78 is 1.45. The van der Waals surface area contributed by atoms with Crippen LogP contribution in [0.3, 0.4) is 0 Å². The van der Waals surface area contributed by atoms with E-state index in [4.69, 9.17) is 5.73 Å². The Morgan fingerprint density at radius 3 is 2.63 bits per heavy atom. The van der Waals surface area contributed by atoms with E-state index in [0.29, 0.717) is 6.54 Å². The van der Waals surface area contributed by atoms with Crippen LogP contribution in [0.25, 0.3) is 0 Å². The first kappa shape index (κ1) is 13.5. The Morgan fingerprint density at radius 2 is 2.16 bits per heavy atom. The number of nitrogens with two attached hydrogens (primary N) is 1. The van der Waals surface area contributed by atoms with Gasteiger partial charge in [-0.1, -0.05) is 20.8 Å². The van der Waals surface area contributed by atoms with Gasteiger partial charge in [0.2, 0.25) is 5.82 Å². The number of nitrogen functional groups attached to an aromatic ring is 1. The molecule has 2 rings (SSSR count). The standard InChI is InChI=1S/C12H16N4O2S/c1-12(2,3)10-5-4-8(19-10)7-15-11(13)9(6-14-15)16(17)18/h4-6H,7,13H2,1-3H3. The van der Waals surface area contributed by atoms with Crippen LogP contribution in [0.1, 0.15) is 30.5 Å². The van der Waals surface area contributed by atoms with Crippen molar-refractivity contribution in [3.8, 4) is 0 Å². The fourth-order valence-corrected chi connectivity index (χ4v) is 2.71. The third-order valence-electron chi connectivity index (χ3n) is 2.76. The number of hydrogen-bond acceptors (Lipinski definition) is 5. The van der Waals surface area contributed by atoms with Crippen molar-refractivity contribution in [2.45, 2.75) is 32.7 Å². The van der Waals surface area contributed by atoms with Crippen LogP contribution in [0.15, 0.2) is 18.3 Å². The minimum absolute atomic E-state index is 0.0932. The molecule has 0 aromatic carbocycles. The molecule has 0 spiro atoms. The third kappa shape index (κ3) is 2.76. The molecule has 2 aromatic rings. The lowest BCUT2D eigenvalue weighted by Crippen LogP contribution is -2.08. The van der Waals surface area contributed by atoms with Crippen LogP contribution in [0, 0.1) is 10.1 Å². The van der Waals surface area contributed by atoms with Crippen molar-refractivity contribution in [1.82, 2.24) is 9.78 Å². The number of aromatic nitrogens is 2. The summed E-state index contributed by atoms with van der Waals surface area (Å²) in [6.45, 7) is 6.90. The van der Waals surface area contributed by atoms with E-state index in [1.54, 1.807) is 11.3 Å². The van der Waals surface area contributed by atoms with Crippen molar-refractivity contribution >= 4 is 22.8 Å². The minimum atomic E-state index is -0.520. The molecule has 0 aliphatic rings. The Bertz CT molecular complexity index is 610. The quantitative estimate of drug-likeness (QED) is 0.691. The van der Waals surface area contributed by atoms with E-state index < -0.39 is 4.92 Å². The van der Waals surface area contributed by atoms with Gasteiger partial charge in [-0.3, -0.25) is 10.1 Å². The van der Waals surface area contributed by atoms with Gasteiger partial charge in [0, 0.05) is 9.75 Å². The predicted octanol–water partition coefficient (Wildman–Crippen LogP) is 2.78. The van der Waals surface area contributed by atoms with E-state index in [-0.39, 0.29) is 16.9 Å². The Labute approximate surface area is 115 Å². The van der Waals surface area contributed by atoms with Gasteiger partial charge in [-0.2, -0.15) is 5.10 Å². The van der Waals surface area contributed by atoms with Gasteiger partial charge in [0.15, 0.2) is 0 Å². The van der Waals surface area contributed by atoms with Gasteiger partial charge >= 0.3 is 5.69 Å². The summed E-state index contributed by atoms with van der Waals surface area (Å²) >= 11 is 1.67. The maximum absolute atomic E-state index is 10.7. The second kappa shape index (κ2) is 4.65. The van der Waals surface area contributed by atoms with Crippen LogP contribution < -0.4 is 5.73 Å². The Kier molecular flexibility index (Phi) is 3.32. The highest BCUT2D eigenvalue weighted by Gasteiger charge is 2.19. The van der Waals surface area contributed by atoms with Crippen molar-refractivity contribution in [3.05, 3.63) is 38.2 Å². The van der Waals surface area contributed by atoms with Crippen molar-refractivity contribution in [3.63, 3.8) is 0 Å². The average Bonchev–Trinajstić information content (AvgIpc) is 2.87. The Hall–Kier alpha value is -1.89. The van der Waals surface area contributed by atoms with Crippen LogP contribution >= 0.6 is 11.3 Å². The molecule has 2 N–H and O–H groups in total. The summed E-state index contributed by atoms with van der Waals surface area (Å²) in [4.78, 5) is 12.5. The van der Waals surface area contributed by atoms with E-state index >= 15 is 0 Å². The second-order valence-electron chi connectivity index (χ2n) is 5.35. The summed E-state index contributed by atoms with van der Waals surface area (Å²) in [6.07, 6.45) is 1.19. The van der Waals surface area contributed by atoms with Crippen molar-refractivity contribution in [2.75, 3.05) is 5.73 Å². The molecule has 0 aliphatic heterocycles. The van der Waals surface area contributed by atoms with Gasteiger partial charge in [0.05, 0.1) is 11.5 Å². The highest BCUT2D eigenvalue weighted by molar-refractivity contribution is 7.12. The Balaban J connectivity index is 2.22. The van der Waals surface area contributed by atoms with Crippen molar-refractivity contribution < 1.29 is 4.92 Å². The number of hydrogen-bond donors (Lipinski definition) is 1. The summed E-state index contributed by atoms with van der Waals surface area (Å²) in [5.41, 5.74) is 5.66. The van der Waals surface area contributed by atoms with E-state index in [1.807, 2.05) is 6.07 Å². The number of rotatable bonds is 3. The molecule has 0 radical (unpaired) electrons. The van der Waals surface area contributed by atoms with E-state index in [1.165, 1.54) is 15.8 Å². The van der Waals surface area contributed by atoms with Crippen LogP contribution in [-0.2, 0) is 12.0 Å². The molecule has 0 aliphatic carbocycles. The van der Waals surface area contributed by atoms with Crippen LogP contribution in [-0.4, -0.2) is 14.7 Å². The maximum atomic E-state index is 10.7. The highest BCUT2D eigenvalue weighted by atomic mass is 32.1. The molecule has 0 saturated heterocycles. The van der Waals surface area contributed by atoms with Gasteiger partial charge < -0.3 is 5.73 Å². The predicted molar refractivity (Wildman–Crippen MR) is 75.4 cm³/mol. The van der Waals surface area contributed by atoms with E-state index in [9.17, 15) is 10.1 Å². The van der Waals surface area contributed by atoms with Crippen molar-refractivity contribution in [2.24, 2.45) is 0 Å². The molecule has 0 unspecified atom stereocenters. The summed E-state index contributed by atoms with van der Waals surface area (Å²) in [5, 5.41) is 14.7. The third-order valence-corrected chi connectivity index (χ3v) is 4.26. The van der Waals surface area contributed by atoms with Crippen LogP contribution in [0.2, 0.25) is 0 Å². The van der Waals surface area contributed by atoms with Crippen LogP contribution in [0.4, 0.5) is 11.5 Å². The number of thiophene rings is 1. The lowest BCUT2D eigenvalue weighted by atomic mass is 9.95. The molecule has 0 bridgehead atoms. The summed E-state index contributed by atoms with van der Waals surface area (Å²) in [6, 6.07) is 4.09. The van der Waals surface area contributed by atoms with E-state index in [2.05, 4.69) is 31.9 Å². The fraction of sp³-hybridized carbons (Fsp3) is 0.417. The molecule has 2 heterocycles. The zero-order valence-electron chi connectivity index (χ0n) is 11.1. The van der Waals surface area contributed by atoms with E-state index in [0.717, 1.165) is 4.88 Å². The molecular weight excluding hydrogens is 264 g/mol. The first-order chi connectivity index (χ1) is 8.79. The summed E-state index contributed by atoms with van der Waals surface area (Å²) in [5.74, 6) is 0.0932. The fourth-order valence-electron chi connectivity index (χ4n) is 1.67. The number of nitrogens with zero attached hydrogens (tertiary/aromatic N) is 3. The molecule has 0 amide bonds. The molecule has 0 atom stereocenters. The lowest BCUT2D eigenvalue weighted by Gasteiger charge is -2.15. The van der Waals surface area contributed by atoms with Crippen molar-refractivity contribution in [1.29, 1.82) is 0 Å². The smallest absolute Gasteiger partial charge is 0.330 e.